The molecule has 2 amide bonds. The Labute approximate surface area is 189 Å². The maximum atomic E-state index is 12.8. The number of carbonyl (C=O) groups is 2. The van der Waals surface area contributed by atoms with Gasteiger partial charge in [-0.3, -0.25) is 20.4 Å². The topological polar surface area (TPSA) is 79.9 Å². The molecule has 2 aromatic rings. The van der Waals surface area contributed by atoms with Crippen molar-refractivity contribution in [3.8, 4) is 11.5 Å². The zero-order valence-electron chi connectivity index (χ0n) is 18.2. The molecule has 1 aliphatic rings. The van der Waals surface area contributed by atoms with Gasteiger partial charge in [0.1, 0.15) is 0 Å². The van der Waals surface area contributed by atoms with Gasteiger partial charge in [0.05, 0.1) is 17.9 Å². The van der Waals surface area contributed by atoms with Crippen molar-refractivity contribution < 1.29 is 32.2 Å². The van der Waals surface area contributed by atoms with Crippen molar-refractivity contribution in [2.45, 2.75) is 32.4 Å². The van der Waals surface area contributed by atoms with E-state index in [9.17, 15) is 22.8 Å². The molecule has 7 nitrogen and oxygen atoms in total. The molecule has 0 bridgehead atoms. The van der Waals surface area contributed by atoms with Gasteiger partial charge >= 0.3 is 6.18 Å². The van der Waals surface area contributed by atoms with Crippen LogP contribution in [0.3, 0.4) is 0 Å². The second-order valence-electron chi connectivity index (χ2n) is 7.48. The normalized spacial score (nSPS) is 13.9. The molecule has 10 heteroatoms. The lowest BCUT2D eigenvalue weighted by atomic mass is 10.1. The number of amides is 2. The lowest BCUT2D eigenvalue weighted by molar-refractivity contribution is -0.137. The molecule has 0 spiro atoms. The lowest BCUT2D eigenvalue weighted by Gasteiger charge is -2.26. The first kappa shape index (κ1) is 24.2. The van der Waals surface area contributed by atoms with E-state index in [4.69, 9.17) is 9.47 Å². The quantitative estimate of drug-likeness (QED) is 0.570. The van der Waals surface area contributed by atoms with Crippen LogP contribution in [-0.2, 0) is 11.0 Å². The molecule has 1 fully saturated rings. The Bertz CT molecular complexity index is 976. The molecule has 0 aromatic heterocycles. The summed E-state index contributed by atoms with van der Waals surface area (Å²) in [6, 6.07) is 8.92. The van der Waals surface area contributed by atoms with E-state index in [2.05, 4.69) is 10.9 Å². The highest BCUT2D eigenvalue weighted by molar-refractivity contribution is 5.95. The maximum absolute atomic E-state index is 12.8. The van der Waals surface area contributed by atoms with E-state index in [1.54, 1.807) is 11.8 Å². The number of carbonyl (C=O) groups excluding carboxylic acids is 2. The molecule has 0 radical (unpaired) electrons. The standard InChI is InChI=1S/C23H26F3N3O4/c1-2-32-20-13-16(9-10-19(20)33-15-21(30)29-11-4-3-5-12-29)22(31)28-27-18-8-6-7-17(14-18)23(24,25)26/h6-10,13-14,27H,2-5,11-12,15H2,1H3,(H,28,31). The molecule has 1 aliphatic heterocycles. The van der Waals surface area contributed by atoms with Crippen molar-refractivity contribution in [3.05, 3.63) is 53.6 Å². The second kappa shape index (κ2) is 10.9. The monoisotopic (exact) mass is 465 g/mol. The van der Waals surface area contributed by atoms with Crippen molar-refractivity contribution in [2.24, 2.45) is 0 Å². The third kappa shape index (κ3) is 6.77. The van der Waals surface area contributed by atoms with Crippen LogP contribution in [0.5, 0.6) is 11.5 Å². The van der Waals surface area contributed by atoms with E-state index >= 15 is 0 Å². The number of likely N-dealkylation sites (tertiary alicyclic amines) is 1. The largest absolute Gasteiger partial charge is 0.490 e. The lowest BCUT2D eigenvalue weighted by Crippen LogP contribution is -2.38. The second-order valence-corrected chi connectivity index (χ2v) is 7.48. The molecular formula is C23H26F3N3O4. The summed E-state index contributed by atoms with van der Waals surface area (Å²) in [6.07, 6.45) is -1.41. The summed E-state index contributed by atoms with van der Waals surface area (Å²) in [5.41, 5.74) is 4.29. The first-order valence-corrected chi connectivity index (χ1v) is 10.7. The van der Waals surface area contributed by atoms with E-state index < -0.39 is 17.6 Å². The minimum absolute atomic E-state index is 0.0828. The van der Waals surface area contributed by atoms with E-state index in [0.29, 0.717) is 12.4 Å². The molecule has 178 valence electrons. The fourth-order valence-corrected chi connectivity index (χ4v) is 3.39. The van der Waals surface area contributed by atoms with Crippen molar-refractivity contribution in [1.29, 1.82) is 0 Å². The fraction of sp³-hybridized carbons (Fsp3) is 0.391. The Kier molecular flexibility index (Phi) is 8.02. The molecule has 0 aliphatic carbocycles. The first-order valence-electron chi connectivity index (χ1n) is 10.7. The summed E-state index contributed by atoms with van der Waals surface area (Å²) in [4.78, 5) is 26.6. The zero-order valence-corrected chi connectivity index (χ0v) is 18.2. The van der Waals surface area contributed by atoms with Gasteiger partial charge in [-0.05, 0) is 62.6 Å². The van der Waals surface area contributed by atoms with E-state index in [1.807, 2.05) is 0 Å². The highest BCUT2D eigenvalue weighted by Crippen LogP contribution is 2.31. The summed E-state index contributed by atoms with van der Waals surface area (Å²) in [5.74, 6) is -0.0752. The van der Waals surface area contributed by atoms with Crippen LogP contribution in [0.4, 0.5) is 18.9 Å². The summed E-state index contributed by atoms with van der Waals surface area (Å²) >= 11 is 0. The maximum Gasteiger partial charge on any atom is 0.416 e. The number of anilines is 1. The van der Waals surface area contributed by atoms with Gasteiger partial charge < -0.3 is 14.4 Å². The van der Waals surface area contributed by atoms with Gasteiger partial charge in [0.25, 0.3) is 11.8 Å². The predicted octanol–water partition coefficient (Wildman–Crippen LogP) is 4.25. The number of ether oxygens (including phenoxy) is 2. The van der Waals surface area contributed by atoms with Gasteiger partial charge in [0.15, 0.2) is 18.1 Å². The fourth-order valence-electron chi connectivity index (χ4n) is 3.39. The van der Waals surface area contributed by atoms with Gasteiger partial charge in [-0.15, -0.1) is 0 Å². The van der Waals surface area contributed by atoms with Crippen LogP contribution in [0.2, 0.25) is 0 Å². The van der Waals surface area contributed by atoms with Crippen LogP contribution < -0.4 is 20.3 Å². The molecule has 0 atom stereocenters. The third-order valence-electron chi connectivity index (χ3n) is 5.08. The van der Waals surface area contributed by atoms with Crippen LogP contribution in [0.1, 0.15) is 42.1 Å². The van der Waals surface area contributed by atoms with Gasteiger partial charge in [-0.2, -0.15) is 13.2 Å². The molecule has 0 saturated carbocycles. The number of piperidine rings is 1. The number of nitrogens with one attached hydrogen (secondary N) is 2. The predicted molar refractivity (Wildman–Crippen MR) is 116 cm³/mol. The number of alkyl halides is 3. The summed E-state index contributed by atoms with van der Waals surface area (Å²) in [7, 11) is 0. The number of rotatable bonds is 8. The average molecular weight is 465 g/mol. The Morgan fingerprint density at radius 2 is 1.76 bits per heavy atom. The van der Waals surface area contributed by atoms with Crippen LogP contribution in [0.15, 0.2) is 42.5 Å². The van der Waals surface area contributed by atoms with Crippen LogP contribution in [-0.4, -0.2) is 43.0 Å². The van der Waals surface area contributed by atoms with Crippen LogP contribution in [0.25, 0.3) is 0 Å². The number of nitrogens with zero attached hydrogens (tertiary/aromatic N) is 1. The van der Waals surface area contributed by atoms with Crippen molar-refractivity contribution >= 4 is 17.5 Å². The molecule has 2 N–H and O–H groups in total. The number of hydrazine groups is 1. The van der Waals surface area contributed by atoms with Crippen molar-refractivity contribution in [2.75, 3.05) is 31.7 Å². The summed E-state index contributed by atoms with van der Waals surface area (Å²) in [6.45, 7) is 3.38. The Hall–Kier alpha value is -3.43. The molecule has 0 unspecified atom stereocenters. The molecule has 33 heavy (non-hydrogen) atoms. The molecule has 1 heterocycles. The highest BCUT2D eigenvalue weighted by Gasteiger charge is 2.30. The third-order valence-corrected chi connectivity index (χ3v) is 5.08. The Balaban J connectivity index is 1.62. The van der Waals surface area contributed by atoms with E-state index in [1.165, 1.54) is 30.3 Å². The number of benzene rings is 2. The summed E-state index contributed by atoms with van der Waals surface area (Å²) < 4.78 is 49.7. The molecule has 1 saturated heterocycles. The SMILES string of the molecule is CCOc1cc(C(=O)NNc2cccc(C(F)(F)F)c2)ccc1OCC(=O)N1CCCCC1. The molecular weight excluding hydrogens is 439 g/mol. The van der Waals surface area contributed by atoms with Crippen molar-refractivity contribution in [3.63, 3.8) is 0 Å². The molecule has 2 aromatic carbocycles. The first-order chi connectivity index (χ1) is 15.8. The van der Waals surface area contributed by atoms with Crippen LogP contribution >= 0.6 is 0 Å². The van der Waals surface area contributed by atoms with Gasteiger partial charge in [-0.1, -0.05) is 6.07 Å². The molecule has 3 rings (SSSR count). The van der Waals surface area contributed by atoms with Gasteiger partial charge in [-0.25, -0.2) is 0 Å². The highest BCUT2D eigenvalue weighted by atomic mass is 19.4. The number of halogens is 3. The van der Waals surface area contributed by atoms with E-state index in [0.717, 1.165) is 44.5 Å². The number of hydrogen-bond donors (Lipinski definition) is 2. The minimum Gasteiger partial charge on any atom is -0.490 e. The minimum atomic E-state index is -4.49. The van der Waals surface area contributed by atoms with Crippen LogP contribution in [0, 0.1) is 0 Å². The average Bonchev–Trinajstić information content (AvgIpc) is 2.82. The number of hydrogen-bond acceptors (Lipinski definition) is 5. The van der Waals surface area contributed by atoms with E-state index in [-0.39, 0.29) is 29.5 Å². The van der Waals surface area contributed by atoms with Crippen molar-refractivity contribution in [1.82, 2.24) is 10.3 Å². The smallest absolute Gasteiger partial charge is 0.416 e. The Morgan fingerprint density at radius 1 is 1.00 bits per heavy atom. The van der Waals surface area contributed by atoms with Gasteiger partial charge in [0.2, 0.25) is 0 Å². The Morgan fingerprint density at radius 3 is 2.45 bits per heavy atom. The van der Waals surface area contributed by atoms with Gasteiger partial charge in [0, 0.05) is 18.7 Å². The zero-order chi connectivity index (χ0) is 23.8. The summed E-state index contributed by atoms with van der Waals surface area (Å²) in [5, 5.41) is 0.